The highest BCUT2D eigenvalue weighted by Crippen LogP contribution is 2.24. The second kappa shape index (κ2) is 5.09. The fraction of sp³-hybridized carbons (Fsp3) is 0.727. The Hall–Kier alpha value is -1.39. The van der Waals surface area contributed by atoms with Crippen LogP contribution < -0.4 is 0 Å². The summed E-state index contributed by atoms with van der Waals surface area (Å²) in [5.74, 6) is 1.04. The number of esters is 1. The van der Waals surface area contributed by atoms with Crippen LogP contribution in [0, 0.1) is 12.8 Å². The van der Waals surface area contributed by atoms with Crippen LogP contribution in [0.25, 0.3) is 0 Å². The molecule has 1 aromatic heterocycles. The summed E-state index contributed by atoms with van der Waals surface area (Å²) in [5.41, 5.74) is 0. The van der Waals surface area contributed by atoms with Crippen LogP contribution >= 0.6 is 0 Å². The summed E-state index contributed by atoms with van der Waals surface area (Å²) in [6.45, 7) is 8.01. The molecule has 90 valence electrons. The highest BCUT2D eigenvalue weighted by molar-refractivity contribution is 5.77. The van der Waals surface area contributed by atoms with Crippen LogP contribution in [0.1, 0.15) is 38.3 Å². The lowest BCUT2D eigenvalue weighted by Crippen LogP contribution is -2.24. The number of aromatic nitrogens is 3. The molecule has 5 heteroatoms. The second-order valence-electron chi connectivity index (χ2n) is 4.14. The molecular formula is C11H19N3O2. The molecule has 16 heavy (non-hydrogen) atoms. The van der Waals surface area contributed by atoms with Gasteiger partial charge in [-0.1, -0.05) is 13.8 Å². The summed E-state index contributed by atoms with van der Waals surface area (Å²) in [5, 5.41) is 8.02. The van der Waals surface area contributed by atoms with E-state index in [2.05, 4.69) is 10.2 Å². The van der Waals surface area contributed by atoms with Crippen molar-refractivity contribution in [2.24, 2.45) is 13.0 Å². The standard InChI is InChI=1S/C11H19N3O2/c1-6-16-11(15)9(7(2)3)10-13-12-8(4)14(10)5/h7,9H,6H2,1-5H3. The average molecular weight is 225 g/mol. The van der Waals surface area contributed by atoms with Gasteiger partial charge in [-0.05, 0) is 19.8 Å². The lowest BCUT2D eigenvalue weighted by molar-refractivity contribution is -0.146. The van der Waals surface area contributed by atoms with Gasteiger partial charge in [0.15, 0.2) is 0 Å². The molecule has 0 amide bonds. The molecule has 0 saturated carbocycles. The van der Waals surface area contributed by atoms with E-state index in [9.17, 15) is 4.79 Å². The number of hydrogen-bond acceptors (Lipinski definition) is 4. The number of nitrogens with zero attached hydrogens (tertiary/aromatic N) is 3. The Morgan fingerprint density at radius 3 is 2.44 bits per heavy atom. The molecule has 0 saturated heterocycles. The number of carbonyl (C=O) groups excluding carboxylic acids is 1. The van der Waals surface area contributed by atoms with Crippen molar-refractivity contribution in [2.75, 3.05) is 6.61 Å². The van der Waals surface area contributed by atoms with Gasteiger partial charge in [-0.2, -0.15) is 0 Å². The van der Waals surface area contributed by atoms with Crippen LogP contribution in [-0.2, 0) is 16.6 Å². The highest BCUT2D eigenvalue weighted by atomic mass is 16.5. The lowest BCUT2D eigenvalue weighted by atomic mass is 9.95. The maximum absolute atomic E-state index is 11.8. The van der Waals surface area contributed by atoms with E-state index in [0.29, 0.717) is 12.4 Å². The molecule has 0 fully saturated rings. The smallest absolute Gasteiger partial charge is 0.316 e. The van der Waals surface area contributed by atoms with E-state index in [0.717, 1.165) is 5.82 Å². The molecule has 0 N–H and O–H groups in total. The van der Waals surface area contributed by atoms with Crippen LogP contribution in [0.15, 0.2) is 0 Å². The minimum atomic E-state index is -0.342. The van der Waals surface area contributed by atoms with E-state index in [4.69, 9.17) is 4.74 Å². The number of ether oxygens (including phenoxy) is 1. The van der Waals surface area contributed by atoms with Crippen LogP contribution in [0.4, 0.5) is 0 Å². The molecule has 1 aromatic rings. The Labute approximate surface area is 95.8 Å². The summed E-state index contributed by atoms with van der Waals surface area (Å²) in [7, 11) is 1.86. The van der Waals surface area contributed by atoms with Crippen molar-refractivity contribution in [1.29, 1.82) is 0 Å². The molecule has 0 spiro atoms. The van der Waals surface area contributed by atoms with Gasteiger partial charge in [-0.25, -0.2) is 0 Å². The molecule has 0 bridgehead atoms. The Kier molecular flexibility index (Phi) is 4.04. The fourth-order valence-electron chi connectivity index (χ4n) is 1.60. The molecule has 0 aliphatic heterocycles. The number of carbonyl (C=O) groups is 1. The van der Waals surface area contributed by atoms with Gasteiger partial charge in [-0.15, -0.1) is 10.2 Å². The quantitative estimate of drug-likeness (QED) is 0.727. The normalized spacial score (nSPS) is 12.9. The van der Waals surface area contributed by atoms with Crippen molar-refractivity contribution in [2.45, 2.75) is 33.6 Å². The molecule has 0 radical (unpaired) electrons. The molecule has 0 aromatic carbocycles. The molecule has 1 atom stereocenters. The third-order valence-electron chi connectivity index (χ3n) is 2.61. The third kappa shape index (κ3) is 2.40. The molecule has 1 heterocycles. The van der Waals surface area contributed by atoms with Crippen molar-refractivity contribution < 1.29 is 9.53 Å². The second-order valence-corrected chi connectivity index (χ2v) is 4.14. The Morgan fingerprint density at radius 2 is 2.06 bits per heavy atom. The van der Waals surface area contributed by atoms with Gasteiger partial charge < -0.3 is 9.30 Å². The summed E-state index contributed by atoms with van der Waals surface area (Å²) >= 11 is 0. The third-order valence-corrected chi connectivity index (χ3v) is 2.61. The van der Waals surface area contributed by atoms with E-state index >= 15 is 0 Å². The molecular weight excluding hydrogens is 206 g/mol. The largest absolute Gasteiger partial charge is 0.465 e. The van der Waals surface area contributed by atoms with E-state index in [-0.39, 0.29) is 17.8 Å². The summed E-state index contributed by atoms with van der Waals surface area (Å²) in [6.07, 6.45) is 0. The Morgan fingerprint density at radius 1 is 1.44 bits per heavy atom. The van der Waals surface area contributed by atoms with Crippen LogP contribution in [0.5, 0.6) is 0 Å². The summed E-state index contributed by atoms with van der Waals surface area (Å²) in [6, 6.07) is 0. The summed E-state index contributed by atoms with van der Waals surface area (Å²) in [4.78, 5) is 11.8. The number of hydrogen-bond donors (Lipinski definition) is 0. The van der Waals surface area contributed by atoms with E-state index in [1.165, 1.54) is 0 Å². The van der Waals surface area contributed by atoms with Crippen LogP contribution in [0.3, 0.4) is 0 Å². The van der Waals surface area contributed by atoms with E-state index in [1.54, 1.807) is 6.92 Å². The van der Waals surface area contributed by atoms with Crippen molar-refractivity contribution in [1.82, 2.24) is 14.8 Å². The maximum atomic E-state index is 11.8. The average Bonchev–Trinajstić information content (AvgIpc) is 2.50. The topological polar surface area (TPSA) is 57.0 Å². The first kappa shape index (κ1) is 12.7. The first-order valence-electron chi connectivity index (χ1n) is 5.51. The minimum absolute atomic E-state index is 0.140. The Balaban J connectivity index is 3.03. The lowest BCUT2D eigenvalue weighted by Gasteiger charge is -2.18. The van der Waals surface area contributed by atoms with E-state index < -0.39 is 0 Å². The molecule has 1 rings (SSSR count). The van der Waals surface area contributed by atoms with Gasteiger partial charge in [-0.3, -0.25) is 4.79 Å². The zero-order valence-electron chi connectivity index (χ0n) is 10.5. The monoisotopic (exact) mass is 225 g/mol. The van der Waals surface area contributed by atoms with Crippen molar-refractivity contribution in [3.63, 3.8) is 0 Å². The maximum Gasteiger partial charge on any atom is 0.316 e. The van der Waals surface area contributed by atoms with Gasteiger partial charge >= 0.3 is 5.97 Å². The van der Waals surface area contributed by atoms with Gasteiger partial charge in [0.2, 0.25) is 0 Å². The predicted octanol–water partition coefficient (Wildman–Crippen LogP) is 1.43. The van der Waals surface area contributed by atoms with Gasteiger partial charge in [0, 0.05) is 7.05 Å². The minimum Gasteiger partial charge on any atom is -0.465 e. The van der Waals surface area contributed by atoms with Gasteiger partial charge in [0.05, 0.1) is 6.61 Å². The first-order valence-corrected chi connectivity index (χ1v) is 5.51. The SMILES string of the molecule is CCOC(=O)C(c1nnc(C)n1C)C(C)C. The number of aryl methyl sites for hydroxylation is 1. The van der Waals surface area contributed by atoms with Gasteiger partial charge in [0.1, 0.15) is 17.6 Å². The summed E-state index contributed by atoms with van der Waals surface area (Å²) < 4.78 is 6.90. The first-order chi connectivity index (χ1) is 7.49. The highest BCUT2D eigenvalue weighted by Gasteiger charge is 2.30. The predicted molar refractivity (Wildman–Crippen MR) is 60.0 cm³/mol. The van der Waals surface area contributed by atoms with Crippen LogP contribution in [0.2, 0.25) is 0 Å². The zero-order valence-corrected chi connectivity index (χ0v) is 10.5. The Bertz CT molecular complexity index is 371. The molecule has 0 aliphatic carbocycles. The van der Waals surface area contributed by atoms with Gasteiger partial charge in [0.25, 0.3) is 0 Å². The van der Waals surface area contributed by atoms with Crippen LogP contribution in [-0.4, -0.2) is 27.3 Å². The van der Waals surface area contributed by atoms with Crippen molar-refractivity contribution >= 4 is 5.97 Å². The number of rotatable bonds is 4. The van der Waals surface area contributed by atoms with Crippen molar-refractivity contribution in [3.05, 3.63) is 11.6 Å². The molecule has 5 nitrogen and oxygen atoms in total. The fourth-order valence-corrected chi connectivity index (χ4v) is 1.60. The molecule has 0 aliphatic rings. The molecule has 1 unspecified atom stereocenters. The van der Waals surface area contributed by atoms with Crippen molar-refractivity contribution in [3.8, 4) is 0 Å². The van der Waals surface area contributed by atoms with E-state index in [1.807, 2.05) is 32.4 Å². The zero-order chi connectivity index (χ0) is 12.3.